The molecule has 0 aliphatic carbocycles. The molecule has 6 nitrogen and oxygen atoms in total. The van der Waals surface area contributed by atoms with Gasteiger partial charge in [-0.2, -0.15) is 0 Å². The summed E-state index contributed by atoms with van der Waals surface area (Å²) in [5.41, 5.74) is 3.53. The number of hydrogen-bond donors (Lipinski definition) is 1. The second-order valence-corrected chi connectivity index (χ2v) is 7.21. The number of hydrogen-bond acceptors (Lipinski definition) is 4. The van der Waals surface area contributed by atoms with E-state index in [4.69, 9.17) is 14.5 Å². The van der Waals surface area contributed by atoms with Gasteiger partial charge >= 0.3 is 0 Å². The van der Waals surface area contributed by atoms with Gasteiger partial charge in [-0.3, -0.25) is 4.79 Å². The second kappa shape index (κ2) is 10.5. The molecule has 0 spiro atoms. The van der Waals surface area contributed by atoms with E-state index in [0.717, 1.165) is 22.4 Å². The van der Waals surface area contributed by atoms with Gasteiger partial charge in [0.2, 0.25) is 5.91 Å². The Morgan fingerprint density at radius 3 is 2.77 bits per heavy atom. The lowest BCUT2D eigenvalue weighted by atomic mass is 10.2. The van der Waals surface area contributed by atoms with E-state index in [1.54, 1.807) is 14.0 Å². The molecule has 2 aromatic carbocycles. The Morgan fingerprint density at radius 1 is 1.23 bits per heavy atom. The fraction of sp³-hybridized carbons (Fsp3) is 0.280. The van der Waals surface area contributed by atoms with E-state index >= 15 is 0 Å². The molecule has 0 saturated heterocycles. The van der Waals surface area contributed by atoms with Crippen molar-refractivity contribution < 1.29 is 14.3 Å². The van der Waals surface area contributed by atoms with Crippen LogP contribution in [0.4, 0.5) is 0 Å². The highest BCUT2D eigenvalue weighted by molar-refractivity contribution is 5.92. The van der Waals surface area contributed by atoms with Crippen LogP contribution in [0.2, 0.25) is 0 Å². The van der Waals surface area contributed by atoms with E-state index < -0.39 is 0 Å². The van der Waals surface area contributed by atoms with Crippen LogP contribution in [-0.4, -0.2) is 35.7 Å². The van der Waals surface area contributed by atoms with Crippen molar-refractivity contribution in [3.05, 3.63) is 72.1 Å². The fourth-order valence-corrected chi connectivity index (χ4v) is 3.35. The third kappa shape index (κ3) is 5.54. The Hall–Kier alpha value is -3.54. The maximum Gasteiger partial charge on any atom is 0.246 e. The monoisotopic (exact) mass is 419 g/mol. The molecule has 3 rings (SSSR count). The predicted octanol–water partition coefficient (Wildman–Crippen LogP) is 4.39. The van der Waals surface area contributed by atoms with E-state index in [-0.39, 0.29) is 5.91 Å². The van der Waals surface area contributed by atoms with Gasteiger partial charge in [-0.05, 0) is 43.7 Å². The molecule has 0 aliphatic rings. The molecule has 0 atom stereocenters. The Kier molecular flexibility index (Phi) is 7.49. The van der Waals surface area contributed by atoms with E-state index in [2.05, 4.69) is 16.5 Å². The summed E-state index contributed by atoms with van der Waals surface area (Å²) in [7, 11) is 1.64. The molecule has 1 amide bonds. The maximum atomic E-state index is 11.8. The van der Waals surface area contributed by atoms with E-state index in [9.17, 15) is 4.79 Å². The Balaban J connectivity index is 1.72. The van der Waals surface area contributed by atoms with Crippen molar-refractivity contribution in [1.29, 1.82) is 0 Å². The molecule has 1 N–H and O–H groups in total. The van der Waals surface area contributed by atoms with E-state index in [0.29, 0.717) is 43.2 Å². The predicted molar refractivity (Wildman–Crippen MR) is 124 cm³/mol. The van der Waals surface area contributed by atoms with Gasteiger partial charge in [0.05, 0.1) is 24.7 Å². The van der Waals surface area contributed by atoms with Crippen molar-refractivity contribution >= 4 is 23.0 Å². The van der Waals surface area contributed by atoms with Crippen LogP contribution in [0.3, 0.4) is 0 Å². The smallest absolute Gasteiger partial charge is 0.246 e. The van der Waals surface area contributed by atoms with Gasteiger partial charge in [0.15, 0.2) is 11.5 Å². The van der Waals surface area contributed by atoms with Crippen molar-refractivity contribution in [3.63, 3.8) is 0 Å². The van der Waals surface area contributed by atoms with Gasteiger partial charge in [0, 0.05) is 18.5 Å². The first kappa shape index (κ1) is 22.2. The lowest BCUT2D eigenvalue weighted by molar-refractivity contribution is -0.117. The summed E-state index contributed by atoms with van der Waals surface area (Å²) in [5.74, 6) is 2.17. The third-order valence-electron chi connectivity index (χ3n) is 4.87. The fourth-order valence-electron chi connectivity index (χ4n) is 3.35. The van der Waals surface area contributed by atoms with Crippen molar-refractivity contribution in [2.75, 3.05) is 20.3 Å². The zero-order valence-electron chi connectivity index (χ0n) is 18.4. The van der Waals surface area contributed by atoms with Crippen LogP contribution < -0.4 is 14.8 Å². The summed E-state index contributed by atoms with van der Waals surface area (Å²) in [6.45, 7) is 8.93. The van der Waals surface area contributed by atoms with Crippen LogP contribution in [-0.2, 0) is 17.8 Å². The first-order valence-electron chi connectivity index (χ1n) is 10.3. The number of aromatic nitrogens is 2. The molecule has 31 heavy (non-hydrogen) atoms. The quantitative estimate of drug-likeness (QED) is 0.495. The highest BCUT2D eigenvalue weighted by atomic mass is 16.5. The van der Waals surface area contributed by atoms with Gasteiger partial charge in [-0.15, -0.1) is 0 Å². The van der Waals surface area contributed by atoms with Crippen molar-refractivity contribution in [2.45, 2.75) is 26.8 Å². The first-order chi connectivity index (χ1) is 15.0. The molecular formula is C25H29N3O3. The largest absolute Gasteiger partial charge is 0.493 e. The van der Waals surface area contributed by atoms with Gasteiger partial charge < -0.3 is 19.4 Å². The number of ether oxygens (including phenoxy) is 2. The lowest BCUT2D eigenvalue weighted by Gasteiger charge is -2.14. The average Bonchev–Trinajstić information content (AvgIpc) is 3.12. The highest BCUT2D eigenvalue weighted by Crippen LogP contribution is 2.28. The number of fused-ring (bicyclic) bond motifs is 1. The van der Waals surface area contributed by atoms with Crippen molar-refractivity contribution in [2.24, 2.45) is 0 Å². The number of methoxy groups -OCH3 is 1. The Bertz CT molecular complexity index is 1100. The van der Waals surface area contributed by atoms with Crippen LogP contribution in [0.1, 0.15) is 25.2 Å². The van der Waals surface area contributed by atoms with Crippen LogP contribution in [0.25, 0.3) is 17.1 Å². The molecule has 3 aromatic rings. The zero-order valence-corrected chi connectivity index (χ0v) is 18.4. The summed E-state index contributed by atoms with van der Waals surface area (Å²) < 4.78 is 13.7. The SMILES string of the molecule is C=C(C)C(=O)NCCc1nc2ccccc2n1CCOc1ccc(/C=C/C)cc1OC. The summed E-state index contributed by atoms with van der Waals surface area (Å²) in [4.78, 5) is 16.5. The van der Waals surface area contributed by atoms with Gasteiger partial charge in [0.25, 0.3) is 0 Å². The molecule has 6 heteroatoms. The standard InChI is InChI=1S/C25H29N3O3/c1-5-8-19-11-12-22(23(17-19)30-4)31-16-15-28-21-10-7-6-9-20(21)27-24(28)13-14-26-25(29)18(2)3/h5-12,17H,2,13-16H2,1,3-4H3,(H,26,29)/b8-5+. The number of allylic oxidation sites excluding steroid dienone is 1. The van der Waals surface area contributed by atoms with Crippen molar-refractivity contribution in [1.82, 2.24) is 14.9 Å². The number of imidazole rings is 1. The lowest BCUT2D eigenvalue weighted by Crippen LogP contribution is -2.27. The van der Waals surface area contributed by atoms with Gasteiger partial charge in [-0.1, -0.05) is 36.9 Å². The summed E-state index contributed by atoms with van der Waals surface area (Å²) in [6, 6.07) is 13.9. The Morgan fingerprint density at radius 2 is 2.03 bits per heavy atom. The molecule has 1 aromatic heterocycles. The minimum atomic E-state index is -0.139. The Labute approximate surface area is 183 Å². The molecule has 0 bridgehead atoms. The maximum absolute atomic E-state index is 11.8. The van der Waals surface area contributed by atoms with Crippen LogP contribution in [0.15, 0.2) is 60.7 Å². The number of para-hydroxylation sites is 2. The number of nitrogens with zero attached hydrogens (tertiary/aromatic N) is 2. The highest BCUT2D eigenvalue weighted by Gasteiger charge is 2.12. The minimum Gasteiger partial charge on any atom is -0.493 e. The van der Waals surface area contributed by atoms with E-state index in [1.165, 1.54) is 0 Å². The van der Waals surface area contributed by atoms with E-state index in [1.807, 2.05) is 61.5 Å². The topological polar surface area (TPSA) is 65.4 Å². The molecule has 0 unspecified atom stereocenters. The molecule has 0 radical (unpaired) electrons. The third-order valence-corrected chi connectivity index (χ3v) is 4.87. The number of carbonyl (C=O) groups excluding carboxylic acids is 1. The molecular weight excluding hydrogens is 390 g/mol. The summed E-state index contributed by atoms with van der Waals surface area (Å²) in [5, 5.41) is 2.87. The minimum absolute atomic E-state index is 0.139. The van der Waals surface area contributed by atoms with Crippen LogP contribution in [0, 0.1) is 0 Å². The molecule has 1 heterocycles. The normalized spacial score (nSPS) is 11.1. The first-order valence-corrected chi connectivity index (χ1v) is 10.3. The average molecular weight is 420 g/mol. The molecule has 0 aliphatic heterocycles. The van der Waals surface area contributed by atoms with Crippen LogP contribution in [0.5, 0.6) is 11.5 Å². The zero-order chi connectivity index (χ0) is 22.2. The number of amides is 1. The number of rotatable bonds is 10. The number of benzene rings is 2. The number of nitrogens with one attached hydrogen (secondary N) is 1. The number of carbonyl (C=O) groups is 1. The second-order valence-electron chi connectivity index (χ2n) is 7.21. The summed E-state index contributed by atoms with van der Waals surface area (Å²) >= 11 is 0. The van der Waals surface area contributed by atoms with Crippen LogP contribution >= 0.6 is 0 Å². The van der Waals surface area contributed by atoms with Crippen molar-refractivity contribution in [3.8, 4) is 11.5 Å². The molecule has 162 valence electrons. The van der Waals surface area contributed by atoms with Gasteiger partial charge in [0.1, 0.15) is 12.4 Å². The van der Waals surface area contributed by atoms with Gasteiger partial charge in [-0.25, -0.2) is 4.98 Å². The molecule has 0 fully saturated rings. The summed E-state index contributed by atoms with van der Waals surface area (Å²) in [6.07, 6.45) is 4.62. The molecule has 0 saturated carbocycles.